The molecule has 0 saturated carbocycles. The quantitative estimate of drug-likeness (QED) is 0.852. The number of methoxy groups -OCH3 is 1. The van der Waals surface area contributed by atoms with Crippen molar-refractivity contribution in [2.75, 3.05) is 26.8 Å². The fraction of sp³-hybridized carbons (Fsp3) is 0.562. The van der Waals surface area contributed by atoms with E-state index >= 15 is 0 Å². The Hall–Kier alpha value is -1.42. The Morgan fingerprint density at radius 3 is 2.62 bits per heavy atom. The van der Waals surface area contributed by atoms with Gasteiger partial charge < -0.3 is 14.4 Å². The van der Waals surface area contributed by atoms with Crippen molar-refractivity contribution in [2.24, 2.45) is 5.92 Å². The Balaban J connectivity index is 2.23. The Morgan fingerprint density at radius 1 is 1.38 bits per heavy atom. The minimum Gasteiger partial charge on any atom is -0.493 e. The van der Waals surface area contributed by atoms with Crippen LogP contribution in [0.2, 0.25) is 5.02 Å². The highest BCUT2D eigenvalue weighted by molar-refractivity contribution is 6.32. The summed E-state index contributed by atoms with van der Waals surface area (Å²) in [7, 11) is 1.55. The van der Waals surface area contributed by atoms with Gasteiger partial charge in [0, 0.05) is 18.7 Å². The van der Waals surface area contributed by atoms with Crippen LogP contribution in [-0.4, -0.2) is 37.6 Å². The molecule has 1 aromatic rings. The first-order valence-electron chi connectivity index (χ1n) is 7.36. The van der Waals surface area contributed by atoms with Gasteiger partial charge in [0.2, 0.25) is 0 Å². The van der Waals surface area contributed by atoms with Crippen molar-refractivity contribution in [3.05, 3.63) is 22.7 Å². The molecule has 116 valence electrons. The van der Waals surface area contributed by atoms with Crippen molar-refractivity contribution in [2.45, 2.75) is 26.7 Å². The van der Waals surface area contributed by atoms with Gasteiger partial charge in [0.25, 0.3) is 5.91 Å². The Morgan fingerprint density at radius 2 is 2.05 bits per heavy atom. The third-order valence-corrected chi connectivity index (χ3v) is 4.12. The molecule has 1 heterocycles. The second kappa shape index (κ2) is 7.03. The van der Waals surface area contributed by atoms with Crippen LogP contribution >= 0.6 is 11.6 Å². The monoisotopic (exact) mass is 311 g/mol. The number of likely N-dealkylation sites (tertiary alicyclic amines) is 1. The molecule has 0 spiro atoms. The zero-order valence-electron chi connectivity index (χ0n) is 12.8. The van der Waals surface area contributed by atoms with Crippen LogP contribution in [0.25, 0.3) is 0 Å². The van der Waals surface area contributed by atoms with Crippen molar-refractivity contribution >= 4 is 17.5 Å². The molecule has 1 fully saturated rings. The van der Waals surface area contributed by atoms with Gasteiger partial charge in [0.05, 0.1) is 18.7 Å². The number of hydrogen-bond donors (Lipinski definition) is 0. The number of benzene rings is 1. The highest BCUT2D eigenvalue weighted by Gasteiger charge is 2.23. The van der Waals surface area contributed by atoms with Gasteiger partial charge >= 0.3 is 0 Å². The number of carbonyl (C=O) groups is 1. The second-order valence-corrected chi connectivity index (χ2v) is 5.80. The third kappa shape index (κ3) is 3.62. The molecule has 0 N–H and O–H groups in total. The Bertz CT molecular complexity index is 510. The number of piperidine rings is 1. The molecule has 0 aromatic heterocycles. The average Bonchev–Trinajstić information content (AvgIpc) is 2.49. The maximum Gasteiger partial charge on any atom is 0.254 e. The van der Waals surface area contributed by atoms with E-state index < -0.39 is 0 Å². The van der Waals surface area contributed by atoms with Gasteiger partial charge in [-0.15, -0.1) is 0 Å². The van der Waals surface area contributed by atoms with Crippen molar-refractivity contribution < 1.29 is 14.3 Å². The van der Waals surface area contributed by atoms with Crippen molar-refractivity contribution in [3.8, 4) is 11.5 Å². The lowest BCUT2D eigenvalue weighted by Crippen LogP contribution is -2.37. The van der Waals surface area contributed by atoms with Crippen LogP contribution in [0.3, 0.4) is 0 Å². The van der Waals surface area contributed by atoms with E-state index in [1.54, 1.807) is 19.2 Å². The third-order valence-electron chi connectivity index (χ3n) is 3.84. The van der Waals surface area contributed by atoms with E-state index in [4.69, 9.17) is 21.1 Å². The molecule has 1 saturated heterocycles. The summed E-state index contributed by atoms with van der Waals surface area (Å²) in [6.07, 6.45) is 2.10. The van der Waals surface area contributed by atoms with Gasteiger partial charge in [-0.3, -0.25) is 4.79 Å². The predicted molar refractivity (Wildman–Crippen MR) is 83.5 cm³/mol. The minimum atomic E-state index is 0.00477. The zero-order valence-corrected chi connectivity index (χ0v) is 13.6. The minimum absolute atomic E-state index is 0.00477. The summed E-state index contributed by atoms with van der Waals surface area (Å²) in [4.78, 5) is 14.4. The van der Waals surface area contributed by atoms with Crippen LogP contribution in [0.15, 0.2) is 12.1 Å². The predicted octanol–water partition coefficient (Wildman–Crippen LogP) is 3.62. The summed E-state index contributed by atoms with van der Waals surface area (Å²) in [5, 5.41) is 0.407. The lowest BCUT2D eigenvalue weighted by atomic mass is 9.98. The molecule has 1 aliphatic rings. The molecule has 21 heavy (non-hydrogen) atoms. The molecule has 4 nitrogen and oxygen atoms in total. The Labute approximate surface area is 131 Å². The van der Waals surface area contributed by atoms with Crippen LogP contribution in [0.4, 0.5) is 0 Å². The average molecular weight is 312 g/mol. The van der Waals surface area contributed by atoms with Gasteiger partial charge in [-0.05, 0) is 37.8 Å². The van der Waals surface area contributed by atoms with Crippen LogP contribution in [0.1, 0.15) is 37.0 Å². The van der Waals surface area contributed by atoms with E-state index in [1.807, 2.05) is 11.8 Å². The summed E-state index contributed by atoms with van der Waals surface area (Å²) in [6, 6.07) is 3.37. The number of amides is 1. The molecule has 0 radical (unpaired) electrons. The fourth-order valence-electron chi connectivity index (χ4n) is 2.52. The van der Waals surface area contributed by atoms with Gasteiger partial charge in [0.1, 0.15) is 0 Å². The highest BCUT2D eigenvalue weighted by Crippen LogP contribution is 2.37. The fourth-order valence-corrected chi connectivity index (χ4v) is 2.79. The standard InChI is InChI=1S/C16H22ClNO3/c1-4-21-15-13(17)9-12(10-14(15)20-3)16(19)18-7-5-11(2)6-8-18/h9-11H,4-8H2,1-3H3. The van der Waals surface area contributed by atoms with Crippen LogP contribution < -0.4 is 9.47 Å². The first-order chi connectivity index (χ1) is 10.1. The maximum atomic E-state index is 12.6. The number of halogens is 1. The lowest BCUT2D eigenvalue weighted by Gasteiger charge is -2.30. The number of ether oxygens (including phenoxy) is 2. The highest BCUT2D eigenvalue weighted by atomic mass is 35.5. The normalized spacial score (nSPS) is 15.9. The van der Waals surface area contributed by atoms with E-state index in [0.717, 1.165) is 25.9 Å². The number of rotatable bonds is 4. The van der Waals surface area contributed by atoms with Crippen LogP contribution in [0, 0.1) is 5.92 Å². The molecular formula is C16H22ClNO3. The molecule has 0 atom stereocenters. The van der Waals surface area contributed by atoms with E-state index in [0.29, 0.717) is 34.6 Å². The first kappa shape index (κ1) is 16.0. The molecule has 1 aliphatic heterocycles. The summed E-state index contributed by atoms with van der Waals surface area (Å²) in [6.45, 7) is 6.19. The zero-order chi connectivity index (χ0) is 15.4. The van der Waals surface area contributed by atoms with E-state index in [2.05, 4.69) is 6.92 Å². The van der Waals surface area contributed by atoms with Gasteiger partial charge in [-0.1, -0.05) is 18.5 Å². The summed E-state index contributed by atoms with van der Waals surface area (Å²) in [5.41, 5.74) is 0.551. The summed E-state index contributed by atoms with van der Waals surface area (Å²) >= 11 is 6.22. The van der Waals surface area contributed by atoms with Gasteiger partial charge in [-0.2, -0.15) is 0 Å². The molecule has 0 bridgehead atoms. The lowest BCUT2D eigenvalue weighted by molar-refractivity contribution is 0.0697. The number of carbonyl (C=O) groups excluding carboxylic acids is 1. The Kier molecular flexibility index (Phi) is 5.34. The van der Waals surface area contributed by atoms with Crippen molar-refractivity contribution in [1.29, 1.82) is 0 Å². The molecule has 0 unspecified atom stereocenters. The summed E-state index contributed by atoms with van der Waals surface area (Å²) < 4.78 is 10.8. The molecule has 0 aliphatic carbocycles. The van der Waals surface area contributed by atoms with E-state index in [9.17, 15) is 4.79 Å². The van der Waals surface area contributed by atoms with Crippen LogP contribution in [-0.2, 0) is 0 Å². The van der Waals surface area contributed by atoms with E-state index in [-0.39, 0.29) is 5.91 Å². The van der Waals surface area contributed by atoms with E-state index in [1.165, 1.54) is 0 Å². The van der Waals surface area contributed by atoms with Crippen LogP contribution in [0.5, 0.6) is 11.5 Å². The molecule has 1 amide bonds. The second-order valence-electron chi connectivity index (χ2n) is 5.40. The SMILES string of the molecule is CCOc1c(Cl)cc(C(=O)N2CCC(C)CC2)cc1OC. The van der Waals surface area contributed by atoms with Gasteiger partial charge in [-0.25, -0.2) is 0 Å². The van der Waals surface area contributed by atoms with Crippen molar-refractivity contribution in [3.63, 3.8) is 0 Å². The summed E-state index contributed by atoms with van der Waals surface area (Å²) in [5.74, 6) is 1.68. The van der Waals surface area contributed by atoms with Gasteiger partial charge in [0.15, 0.2) is 11.5 Å². The number of hydrogen-bond acceptors (Lipinski definition) is 3. The molecule has 1 aromatic carbocycles. The topological polar surface area (TPSA) is 38.8 Å². The maximum absolute atomic E-state index is 12.6. The largest absolute Gasteiger partial charge is 0.493 e. The molecular weight excluding hydrogens is 290 g/mol. The molecule has 2 rings (SSSR count). The van der Waals surface area contributed by atoms with Crippen molar-refractivity contribution in [1.82, 2.24) is 4.90 Å². The number of nitrogens with zero attached hydrogens (tertiary/aromatic N) is 1. The molecule has 5 heteroatoms. The smallest absolute Gasteiger partial charge is 0.254 e. The first-order valence-corrected chi connectivity index (χ1v) is 7.74.